The fourth-order valence-corrected chi connectivity index (χ4v) is 2.53. The smallest absolute Gasteiger partial charge is 0.325 e. The van der Waals surface area contributed by atoms with Gasteiger partial charge >= 0.3 is 12.0 Å². The molecule has 0 aliphatic heterocycles. The molecule has 1 rings (SSSR count). The number of rotatable bonds is 8. The van der Waals surface area contributed by atoms with Crippen molar-refractivity contribution in [1.29, 1.82) is 0 Å². The topological polar surface area (TPSA) is 108 Å². The molecule has 0 aliphatic carbocycles. The Balaban J connectivity index is 2.57. The van der Waals surface area contributed by atoms with E-state index in [1.54, 1.807) is 12.3 Å². The minimum atomic E-state index is -1.10. The second-order valence-electron chi connectivity index (χ2n) is 4.99. The molecule has 2 atom stereocenters. The van der Waals surface area contributed by atoms with Crippen LogP contribution in [-0.2, 0) is 9.59 Å². The molecule has 0 fully saturated rings. The summed E-state index contributed by atoms with van der Waals surface area (Å²) in [5.74, 6) is -0.515. The van der Waals surface area contributed by atoms with Crippen LogP contribution in [0, 0.1) is 0 Å². The van der Waals surface area contributed by atoms with Crippen molar-refractivity contribution in [3.8, 4) is 0 Å². The number of amides is 2. The molecule has 23 heavy (non-hydrogen) atoms. The van der Waals surface area contributed by atoms with Crippen molar-refractivity contribution in [2.45, 2.75) is 32.2 Å². The molecular weight excluding hydrogens is 318 g/mol. The predicted molar refractivity (Wildman–Crippen MR) is 88.4 cm³/mol. The summed E-state index contributed by atoms with van der Waals surface area (Å²) in [5.41, 5.74) is 0.822. The Morgan fingerprint density at radius 2 is 2.09 bits per heavy atom. The molecule has 1 unspecified atom stereocenters. The predicted octanol–water partition coefficient (Wildman–Crippen LogP) is 1.61. The van der Waals surface area contributed by atoms with E-state index in [4.69, 9.17) is 5.11 Å². The molecule has 126 valence electrons. The largest absolute Gasteiger partial charge is 0.480 e. The van der Waals surface area contributed by atoms with Gasteiger partial charge in [0.25, 0.3) is 0 Å². The molecule has 3 N–H and O–H groups in total. The summed E-state index contributed by atoms with van der Waals surface area (Å²) in [6.45, 7) is 3.22. The van der Waals surface area contributed by atoms with Gasteiger partial charge in [-0.3, -0.25) is 14.6 Å². The van der Waals surface area contributed by atoms with E-state index in [0.29, 0.717) is 18.7 Å². The van der Waals surface area contributed by atoms with E-state index in [1.807, 2.05) is 12.1 Å². The molecule has 0 aliphatic rings. The van der Waals surface area contributed by atoms with Crippen LogP contribution in [0.4, 0.5) is 4.79 Å². The Morgan fingerprint density at radius 1 is 1.35 bits per heavy atom. The van der Waals surface area contributed by atoms with Crippen molar-refractivity contribution in [3.05, 3.63) is 30.1 Å². The number of hydrogen-bond acceptors (Lipinski definition) is 5. The monoisotopic (exact) mass is 339 g/mol. The fourth-order valence-electron chi connectivity index (χ4n) is 1.84. The first kappa shape index (κ1) is 19.0. The molecule has 0 bridgehead atoms. The molecule has 0 saturated heterocycles. The SMILES string of the molecule is CC(=O)SCCC(CNC(=O)N[C@@H](C)C(=O)O)c1ccccn1. The molecule has 1 aromatic rings. The number of pyridine rings is 1. The third kappa shape index (κ3) is 7.64. The maximum atomic E-state index is 11.7. The molecule has 1 aromatic heterocycles. The van der Waals surface area contributed by atoms with Crippen LogP contribution in [0.1, 0.15) is 31.9 Å². The van der Waals surface area contributed by atoms with Gasteiger partial charge in [-0.1, -0.05) is 17.8 Å². The number of urea groups is 1. The molecular formula is C15H21N3O4S. The average Bonchev–Trinajstić information content (AvgIpc) is 2.51. The van der Waals surface area contributed by atoms with Gasteiger partial charge in [0.15, 0.2) is 5.12 Å². The van der Waals surface area contributed by atoms with Crippen LogP contribution in [0.15, 0.2) is 24.4 Å². The molecule has 7 nitrogen and oxygen atoms in total. The van der Waals surface area contributed by atoms with Gasteiger partial charge in [0.1, 0.15) is 6.04 Å². The lowest BCUT2D eigenvalue weighted by Crippen LogP contribution is -2.45. The highest BCUT2D eigenvalue weighted by Crippen LogP contribution is 2.19. The summed E-state index contributed by atoms with van der Waals surface area (Å²) in [4.78, 5) is 37.7. The lowest BCUT2D eigenvalue weighted by atomic mass is 10.0. The number of carbonyl (C=O) groups is 3. The van der Waals surface area contributed by atoms with E-state index < -0.39 is 18.0 Å². The van der Waals surface area contributed by atoms with Crippen LogP contribution in [0.2, 0.25) is 0 Å². The zero-order chi connectivity index (χ0) is 17.2. The van der Waals surface area contributed by atoms with Crippen molar-refractivity contribution >= 4 is 28.9 Å². The van der Waals surface area contributed by atoms with Crippen LogP contribution >= 0.6 is 11.8 Å². The second kappa shape index (κ2) is 9.83. The van der Waals surface area contributed by atoms with Gasteiger partial charge in [0.05, 0.1) is 0 Å². The van der Waals surface area contributed by atoms with Crippen LogP contribution in [0.3, 0.4) is 0 Å². The van der Waals surface area contributed by atoms with Gasteiger partial charge < -0.3 is 15.7 Å². The lowest BCUT2D eigenvalue weighted by Gasteiger charge is -2.18. The summed E-state index contributed by atoms with van der Waals surface area (Å²) in [5, 5.41) is 13.8. The Kier molecular flexibility index (Phi) is 8.10. The number of nitrogens with one attached hydrogen (secondary N) is 2. The van der Waals surface area contributed by atoms with Gasteiger partial charge in [-0.15, -0.1) is 0 Å². The maximum Gasteiger partial charge on any atom is 0.325 e. The number of hydrogen-bond donors (Lipinski definition) is 3. The summed E-state index contributed by atoms with van der Waals surface area (Å²) in [7, 11) is 0. The highest BCUT2D eigenvalue weighted by Gasteiger charge is 2.17. The van der Waals surface area contributed by atoms with E-state index >= 15 is 0 Å². The quantitative estimate of drug-likeness (QED) is 0.664. The third-order valence-electron chi connectivity index (χ3n) is 3.10. The zero-order valence-electron chi connectivity index (χ0n) is 13.1. The molecule has 0 aromatic carbocycles. The van der Waals surface area contributed by atoms with Crippen LogP contribution in [0.5, 0.6) is 0 Å². The Hall–Kier alpha value is -2.09. The lowest BCUT2D eigenvalue weighted by molar-refractivity contribution is -0.138. The normalized spacial score (nSPS) is 13.0. The summed E-state index contributed by atoms with van der Waals surface area (Å²) < 4.78 is 0. The van der Waals surface area contributed by atoms with Crippen molar-refractivity contribution in [2.75, 3.05) is 12.3 Å². The van der Waals surface area contributed by atoms with Crippen LogP contribution in [0.25, 0.3) is 0 Å². The van der Waals surface area contributed by atoms with Crippen LogP contribution < -0.4 is 10.6 Å². The minimum absolute atomic E-state index is 0.0470. The molecule has 0 spiro atoms. The first-order valence-corrected chi connectivity index (χ1v) is 8.20. The average molecular weight is 339 g/mol. The van der Waals surface area contributed by atoms with E-state index in [9.17, 15) is 14.4 Å². The van der Waals surface area contributed by atoms with Gasteiger partial charge in [-0.2, -0.15) is 0 Å². The summed E-state index contributed by atoms with van der Waals surface area (Å²) in [6, 6.07) is 4.03. The number of carbonyl (C=O) groups excluding carboxylic acids is 2. The molecule has 2 amide bonds. The van der Waals surface area contributed by atoms with E-state index in [-0.39, 0.29) is 11.0 Å². The standard InChI is InChI=1S/C15H21N3O4S/c1-10(14(20)21)18-15(22)17-9-12(6-8-23-11(2)19)13-5-3-4-7-16-13/h3-5,7,10,12H,6,8-9H2,1-2H3,(H,20,21)(H2,17,18,22)/t10-,12?/m0/s1. The number of carboxylic acid groups (broad SMARTS) is 1. The van der Waals surface area contributed by atoms with Gasteiger partial charge in [-0.25, -0.2) is 4.79 Å². The van der Waals surface area contributed by atoms with Crippen molar-refractivity contribution < 1.29 is 19.5 Å². The Labute approximate surface area is 139 Å². The number of carboxylic acids is 1. The van der Waals surface area contributed by atoms with Crippen molar-refractivity contribution in [1.82, 2.24) is 15.6 Å². The number of aromatic nitrogens is 1. The van der Waals surface area contributed by atoms with Crippen LogP contribution in [-0.4, -0.2) is 45.5 Å². The summed E-state index contributed by atoms with van der Waals surface area (Å²) >= 11 is 1.23. The minimum Gasteiger partial charge on any atom is -0.480 e. The molecule has 0 radical (unpaired) electrons. The Bertz CT molecular complexity index is 539. The third-order valence-corrected chi connectivity index (χ3v) is 3.95. The van der Waals surface area contributed by atoms with E-state index in [1.165, 1.54) is 25.6 Å². The molecule has 1 heterocycles. The highest BCUT2D eigenvalue weighted by atomic mass is 32.2. The Morgan fingerprint density at radius 3 is 2.65 bits per heavy atom. The van der Waals surface area contributed by atoms with Gasteiger partial charge in [0.2, 0.25) is 0 Å². The zero-order valence-corrected chi connectivity index (χ0v) is 13.9. The van der Waals surface area contributed by atoms with E-state index in [0.717, 1.165) is 5.69 Å². The number of thioether (sulfide) groups is 1. The first-order valence-electron chi connectivity index (χ1n) is 7.21. The fraction of sp³-hybridized carbons (Fsp3) is 0.467. The summed E-state index contributed by atoms with van der Waals surface area (Å²) in [6.07, 6.45) is 2.35. The van der Waals surface area contributed by atoms with E-state index in [2.05, 4.69) is 15.6 Å². The molecule has 8 heteroatoms. The highest BCUT2D eigenvalue weighted by molar-refractivity contribution is 8.13. The van der Waals surface area contributed by atoms with Crippen molar-refractivity contribution in [3.63, 3.8) is 0 Å². The first-order chi connectivity index (χ1) is 10.9. The maximum absolute atomic E-state index is 11.7. The van der Waals surface area contributed by atoms with Gasteiger partial charge in [-0.05, 0) is 25.5 Å². The molecule has 0 saturated carbocycles. The number of nitrogens with zero attached hydrogens (tertiary/aromatic N) is 1. The number of aliphatic carboxylic acids is 1. The van der Waals surface area contributed by atoms with Crippen molar-refractivity contribution in [2.24, 2.45) is 0 Å². The second-order valence-corrected chi connectivity index (χ2v) is 6.27. The van der Waals surface area contributed by atoms with Gasteiger partial charge in [0, 0.05) is 37.0 Å².